The van der Waals surface area contributed by atoms with Crippen LogP contribution in [0.5, 0.6) is 5.75 Å². The summed E-state index contributed by atoms with van der Waals surface area (Å²) in [6.45, 7) is 3.04. The molecule has 1 saturated heterocycles. The molecule has 1 atom stereocenters. The summed E-state index contributed by atoms with van der Waals surface area (Å²) in [7, 11) is 0. The van der Waals surface area contributed by atoms with Crippen molar-refractivity contribution >= 4 is 5.69 Å². The number of hydrogen-bond acceptors (Lipinski definition) is 2. The lowest BCUT2D eigenvalue weighted by atomic mass is 10.2. The first-order chi connectivity index (χ1) is 7.96. The Balaban J connectivity index is 2.07. The summed E-state index contributed by atoms with van der Waals surface area (Å²) >= 11 is 0. The van der Waals surface area contributed by atoms with Crippen LogP contribution in [0.2, 0.25) is 0 Å². The van der Waals surface area contributed by atoms with Crippen LogP contribution in [0.25, 0.3) is 0 Å². The molecule has 0 spiro atoms. The maximum absolute atomic E-state index is 12.0. The van der Waals surface area contributed by atoms with Crippen LogP contribution in [0.3, 0.4) is 0 Å². The Morgan fingerprint density at radius 2 is 2.18 bits per heavy atom. The van der Waals surface area contributed by atoms with Crippen LogP contribution in [0, 0.1) is 6.07 Å². The van der Waals surface area contributed by atoms with E-state index in [1.165, 1.54) is 6.07 Å². The highest BCUT2D eigenvalue weighted by Crippen LogP contribution is 2.28. The molecule has 1 aliphatic rings. The number of anilines is 1. The van der Waals surface area contributed by atoms with Gasteiger partial charge in [0.15, 0.2) is 0 Å². The predicted molar refractivity (Wildman–Crippen MR) is 58.0 cm³/mol. The Morgan fingerprint density at radius 1 is 1.41 bits per heavy atom. The molecule has 1 heterocycles. The first-order valence-electron chi connectivity index (χ1n) is 5.50. The minimum absolute atomic E-state index is 0.298. The van der Waals surface area contributed by atoms with Gasteiger partial charge in [0.1, 0.15) is 5.75 Å². The molecule has 2 nitrogen and oxygen atoms in total. The van der Waals surface area contributed by atoms with E-state index < -0.39 is 6.36 Å². The first-order valence-corrected chi connectivity index (χ1v) is 5.50. The number of benzene rings is 1. The summed E-state index contributed by atoms with van der Waals surface area (Å²) < 4.78 is 39.6. The van der Waals surface area contributed by atoms with Crippen LogP contribution >= 0.6 is 0 Å². The van der Waals surface area contributed by atoms with Gasteiger partial charge < -0.3 is 9.64 Å². The fourth-order valence-corrected chi connectivity index (χ4v) is 2.09. The lowest BCUT2D eigenvalue weighted by Crippen LogP contribution is -2.26. The lowest BCUT2D eigenvalue weighted by molar-refractivity contribution is -0.274. The fraction of sp³-hybridized carbons (Fsp3) is 0.500. The van der Waals surface area contributed by atoms with E-state index in [0.29, 0.717) is 6.04 Å². The average Bonchev–Trinajstić information content (AvgIpc) is 2.63. The van der Waals surface area contributed by atoms with Crippen LogP contribution in [-0.4, -0.2) is 18.9 Å². The molecule has 0 aliphatic carbocycles. The van der Waals surface area contributed by atoms with Gasteiger partial charge in [-0.15, -0.1) is 13.2 Å². The zero-order valence-corrected chi connectivity index (χ0v) is 9.42. The van der Waals surface area contributed by atoms with Crippen molar-refractivity contribution in [3.8, 4) is 5.75 Å². The number of rotatable bonds is 2. The van der Waals surface area contributed by atoms with Crippen molar-refractivity contribution in [1.82, 2.24) is 0 Å². The molecular formula is C12H13F3NO. The average molecular weight is 244 g/mol. The summed E-state index contributed by atoms with van der Waals surface area (Å²) in [4.78, 5) is 2.16. The molecule has 2 rings (SSSR count). The van der Waals surface area contributed by atoms with Gasteiger partial charge in [-0.25, -0.2) is 0 Å². The topological polar surface area (TPSA) is 12.5 Å². The molecule has 17 heavy (non-hydrogen) atoms. The number of hydrogen-bond donors (Lipinski definition) is 0. The van der Waals surface area contributed by atoms with Gasteiger partial charge in [-0.2, -0.15) is 0 Å². The van der Waals surface area contributed by atoms with Crippen molar-refractivity contribution in [2.45, 2.75) is 32.2 Å². The van der Waals surface area contributed by atoms with Crippen molar-refractivity contribution in [2.24, 2.45) is 0 Å². The van der Waals surface area contributed by atoms with Crippen molar-refractivity contribution in [2.75, 3.05) is 11.4 Å². The number of ether oxygens (including phenoxy) is 1. The molecule has 0 N–H and O–H groups in total. The largest absolute Gasteiger partial charge is 0.573 e. The molecule has 0 bridgehead atoms. The van der Waals surface area contributed by atoms with Gasteiger partial charge in [0, 0.05) is 24.3 Å². The third-order valence-electron chi connectivity index (χ3n) is 2.88. The summed E-state index contributed by atoms with van der Waals surface area (Å²) in [6, 6.07) is 7.42. The van der Waals surface area contributed by atoms with E-state index >= 15 is 0 Å². The smallest absolute Gasteiger partial charge is 0.405 e. The van der Waals surface area contributed by atoms with Crippen LogP contribution in [0.4, 0.5) is 18.9 Å². The van der Waals surface area contributed by atoms with Crippen molar-refractivity contribution < 1.29 is 17.9 Å². The third kappa shape index (κ3) is 3.05. The highest BCUT2D eigenvalue weighted by molar-refractivity contribution is 5.50. The second-order valence-corrected chi connectivity index (χ2v) is 4.14. The Kier molecular flexibility index (Phi) is 3.17. The van der Waals surface area contributed by atoms with Crippen molar-refractivity contribution in [3.05, 3.63) is 24.3 Å². The summed E-state index contributed by atoms with van der Waals surface area (Å²) in [5.41, 5.74) is 0.893. The zero-order chi connectivity index (χ0) is 12.5. The highest BCUT2D eigenvalue weighted by Gasteiger charge is 2.31. The predicted octanol–water partition coefficient (Wildman–Crippen LogP) is 3.37. The molecule has 0 amide bonds. The summed E-state index contributed by atoms with van der Waals surface area (Å²) in [5, 5.41) is 0. The van der Waals surface area contributed by atoms with Crippen molar-refractivity contribution in [1.29, 1.82) is 0 Å². The lowest BCUT2D eigenvalue weighted by Gasteiger charge is -2.23. The van der Waals surface area contributed by atoms with Gasteiger partial charge >= 0.3 is 6.36 Å². The second kappa shape index (κ2) is 4.47. The number of halogens is 3. The monoisotopic (exact) mass is 244 g/mol. The third-order valence-corrected chi connectivity index (χ3v) is 2.88. The van der Waals surface area contributed by atoms with E-state index in [4.69, 9.17) is 0 Å². The van der Waals surface area contributed by atoms with Crippen LogP contribution in [0.15, 0.2) is 18.2 Å². The zero-order valence-electron chi connectivity index (χ0n) is 9.42. The molecule has 1 radical (unpaired) electrons. The van der Waals surface area contributed by atoms with Gasteiger partial charge in [-0.1, -0.05) is 0 Å². The molecule has 0 saturated carbocycles. The van der Waals surface area contributed by atoms with E-state index in [0.717, 1.165) is 25.1 Å². The minimum atomic E-state index is -4.65. The van der Waals surface area contributed by atoms with Crippen molar-refractivity contribution in [3.63, 3.8) is 0 Å². The molecule has 5 heteroatoms. The highest BCUT2D eigenvalue weighted by atomic mass is 19.4. The molecule has 1 aromatic rings. The Bertz CT molecular complexity index is 374. The van der Waals surface area contributed by atoms with E-state index in [9.17, 15) is 13.2 Å². The minimum Gasteiger partial charge on any atom is -0.405 e. The standard InChI is InChI=1S/C12H13F3NO/c1-9-3-2-8-16(9)10-4-6-11(7-5-10)17-12(13,14)15/h4-6,9H,2-3,8H2,1H3/t9-/m0/s1. The van der Waals surface area contributed by atoms with Gasteiger partial charge in [0.05, 0.1) is 0 Å². The van der Waals surface area contributed by atoms with E-state index in [1.807, 2.05) is 0 Å². The van der Waals surface area contributed by atoms with E-state index in [2.05, 4.69) is 22.6 Å². The SMILES string of the molecule is C[C@H]1CCCN1c1c[c]c(OC(F)(F)F)cc1. The quantitative estimate of drug-likeness (QED) is 0.790. The van der Waals surface area contributed by atoms with Crippen LogP contribution < -0.4 is 9.64 Å². The fourth-order valence-electron chi connectivity index (χ4n) is 2.09. The molecular weight excluding hydrogens is 231 g/mol. The van der Waals surface area contributed by atoms with Gasteiger partial charge in [-0.05, 0) is 38.0 Å². The Hall–Kier alpha value is -1.39. The Labute approximate surface area is 98.0 Å². The molecule has 1 aliphatic heterocycles. The van der Waals surface area contributed by atoms with E-state index in [1.54, 1.807) is 12.1 Å². The first kappa shape index (κ1) is 12.1. The van der Waals surface area contributed by atoms with Gasteiger partial charge in [0.25, 0.3) is 0 Å². The molecule has 0 unspecified atom stereocenters. The maximum atomic E-state index is 12.0. The molecule has 93 valence electrons. The number of alkyl halides is 3. The summed E-state index contributed by atoms with van der Waals surface area (Å²) in [5.74, 6) is -0.298. The van der Waals surface area contributed by atoms with Gasteiger partial charge in [0.2, 0.25) is 0 Å². The van der Waals surface area contributed by atoms with E-state index in [-0.39, 0.29) is 5.75 Å². The Morgan fingerprint density at radius 3 is 2.65 bits per heavy atom. The number of nitrogens with zero attached hydrogens (tertiary/aromatic N) is 1. The second-order valence-electron chi connectivity index (χ2n) is 4.14. The molecule has 0 aromatic heterocycles. The maximum Gasteiger partial charge on any atom is 0.573 e. The summed E-state index contributed by atoms with van der Waals surface area (Å²) in [6.07, 6.45) is -2.43. The van der Waals surface area contributed by atoms with Gasteiger partial charge in [-0.3, -0.25) is 0 Å². The van der Waals surface area contributed by atoms with Crippen LogP contribution in [0.1, 0.15) is 19.8 Å². The van der Waals surface area contributed by atoms with Crippen LogP contribution in [-0.2, 0) is 0 Å². The molecule has 1 fully saturated rings. The molecule has 1 aromatic carbocycles. The normalized spacial score (nSPS) is 20.7.